The second kappa shape index (κ2) is 7.67. The third-order valence-electron chi connectivity index (χ3n) is 3.69. The van der Waals surface area contributed by atoms with E-state index in [-0.39, 0.29) is 29.9 Å². The lowest BCUT2D eigenvalue weighted by Crippen LogP contribution is -2.11. The zero-order chi connectivity index (χ0) is 17.6. The van der Waals surface area contributed by atoms with Crippen molar-refractivity contribution in [2.24, 2.45) is 0 Å². The number of hydrogen-bond donors (Lipinski definition) is 3. The molecular formula is C18H18FN5O. The van der Waals surface area contributed by atoms with E-state index in [0.29, 0.717) is 12.1 Å². The summed E-state index contributed by atoms with van der Waals surface area (Å²) in [7, 11) is 0. The smallest absolute Gasteiger partial charge is 0.228 e. The molecule has 2 aromatic carbocycles. The minimum Gasteiger partial charge on any atom is -0.392 e. The number of aliphatic hydroxyl groups is 1. The van der Waals surface area contributed by atoms with Crippen LogP contribution in [0.25, 0.3) is 11.4 Å². The summed E-state index contributed by atoms with van der Waals surface area (Å²) in [6, 6.07) is 14.4. The number of hydrogen-bond acceptors (Lipinski definition) is 6. The minimum atomic E-state index is -0.521. The number of aromatic nitrogens is 3. The maximum Gasteiger partial charge on any atom is 0.228 e. The molecule has 0 spiro atoms. The number of aliphatic hydroxyl groups excluding tert-OH is 1. The van der Waals surface area contributed by atoms with Crippen molar-refractivity contribution in [1.82, 2.24) is 15.0 Å². The number of halogens is 1. The lowest BCUT2D eigenvalue weighted by atomic mass is 10.1. The van der Waals surface area contributed by atoms with Crippen LogP contribution in [0.3, 0.4) is 0 Å². The molecule has 7 heteroatoms. The van der Waals surface area contributed by atoms with E-state index in [2.05, 4.69) is 20.3 Å². The zero-order valence-corrected chi connectivity index (χ0v) is 13.5. The fourth-order valence-corrected chi connectivity index (χ4v) is 2.50. The molecule has 0 aliphatic carbocycles. The molecule has 4 N–H and O–H groups in total. The highest BCUT2D eigenvalue weighted by Gasteiger charge is 2.15. The van der Waals surface area contributed by atoms with Crippen molar-refractivity contribution in [3.8, 4) is 11.4 Å². The Morgan fingerprint density at radius 2 is 1.80 bits per heavy atom. The molecule has 0 unspecified atom stereocenters. The summed E-state index contributed by atoms with van der Waals surface area (Å²) in [6.07, 6.45) is 0.781. The van der Waals surface area contributed by atoms with Gasteiger partial charge in [0, 0.05) is 6.54 Å². The van der Waals surface area contributed by atoms with Gasteiger partial charge in [0.2, 0.25) is 11.9 Å². The Hall–Kier alpha value is -3.06. The van der Waals surface area contributed by atoms with Crippen LogP contribution in [-0.2, 0) is 13.0 Å². The Bertz CT molecular complexity index is 857. The lowest BCUT2D eigenvalue weighted by Gasteiger charge is -2.10. The Labute approximate surface area is 144 Å². The SMILES string of the molecule is Nc1nc(NCCc2ccccc2)nc(-c2c(F)cccc2CO)n1. The van der Waals surface area contributed by atoms with Gasteiger partial charge in [-0.05, 0) is 23.6 Å². The van der Waals surface area contributed by atoms with Crippen molar-refractivity contribution >= 4 is 11.9 Å². The van der Waals surface area contributed by atoms with Crippen LogP contribution < -0.4 is 11.1 Å². The Balaban J connectivity index is 1.82. The maximum absolute atomic E-state index is 14.2. The van der Waals surface area contributed by atoms with E-state index in [1.165, 1.54) is 17.7 Å². The topological polar surface area (TPSA) is 97.0 Å². The Morgan fingerprint density at radius 1 is 1.00 bits per heavy atom. The van der Waals surface area contributed by atoms with Gasteiger partial charge < -0.3 is 16.2 Å². The standard InChI is InChI=1S/C18H18FN5O/c19-14-8-4-7-13(11-25)15(14)16-22-17(20)24-18(23-16)21-10-9-12-5-2-1-3-6-12/h1-8,25H,9-11H2,(H3,20,21,22,23,24). The molecule has 128 valence electrons. The molecule has 25 heavy (non-hydrogen) atoms. The number of anilines is 2. The first kappa shape index (κ1) is 16.8. The van der Waals surface area contributed by atoms with Crippen LogP contribution in [0.15, 0.2) is 48.5 Å². The van der Waals surface area contributed by atoms with E-state index in [0.717, 1.165) is 6.42 Å². The van der Waals surface area contributed by atoms with E-state index < -0.39 is 5.82 Å². The van der Waals surface area contributed by atoms with Crippen molar-refractivity contribution in [2.75, 3.05) is 17.6 Å². The molecule has 0 atom stereocenters. The highest BCUT2D eigenvalue weighted by atomic mass is 19.1. The second-order valence-electron chi connectivity index (χ2n) is 5.44. The average Bonchev–Trinajstić information content (AvgIpc) is 2.62. The number of nitrogens with zero attached hydrogens (tertiary/aromatic N) is 3. The summed E-state index contributed by atoms with van der Waals surface area (Å²) < 4.78 is 14.2. The first-order valence-corrected chi connectivity index (χ1v) is 7.85. The summed E-state index contributed by atoms with van der Waals surface area (Å²) in [5.74, 6) is -0.172. The van der Waals surface area contributed by atoms with Gasteiger partial charge in [-0.3, -0.25) is 0 Å². The molecule has 0 radical (unpaired) electrons. The van der Waals surface area contributed by atoms with Crippen molar-refractivity contribution in [2.45, 2.75) is 13.0 Å². The van der Waals surface area contributed by atoms with E-state index in [4.69, 9.17) is 5.73 Å². The largest absolute Gasteiger partial charge is 0.392 e. The van der Waals surface area contributed by atoms with Gasteiger partial charge in [-0.25, -0.2) is 4.39 Å². The van der Waals surface area contributed by atoms with Crippen LogP contribution >= 0.6 is 0 Å². The van der Waals surface area contributed by atoms with Crippen LogP contribution in [-0.4, -0.2) is 26.6 Å². The molecule has 0 amide bonds. The Kier molecular flexibility index (Phi) is 5.15. The fraction of sp³-hybridized carbons (Fsp3) is 0.167. The number of nitrogen functional groups attached to an aromatic ring is 1. The van der Waals surface area contributed by atoms with E-state index >= 15 is 0 Å². The van der Waals surface area contributed by atoms with Gasteiger partial charge in [0.05, 0.1) is 12.2 Å². The zero-order valence-electron chi connectivity index (χ0n) is 13.5. The molecule has 0 bridgehead atoms. The quantitative estimate of drug-likeness (QED) is 0.638. The van der Waals surface area contributed by atoms with Gasteiger partial charge in [-0.2, -0.15) is 15.0 Å². The second-order valence-corrected chi connectivity index (χ2v) is 5.44. The van der Waals surface area contributed by atoms with Crippen molar-refractivity contribution in [3.05, 3.63) is 65.5 Å². The summed E-state index contributed by atoms with van der Waals surface area (Å²) in [6.45, 7) is 0.270. The average molecular weight is 339 g/mol. The van der Waals surface area contributed by atoms with Crippen LogP contribution in [0.1, 0.15) is 11.1 Å². The first-order valence-electron chi connectivity index (χ1n) is 7.85. The van der Waals surface area contributed by atoms with Crippen molar-refractivity contribution in [1.29, 1.82) is 0 Å². The van der Waals surface area contributed by atoms with Crippen LogP contribution in [0.2, 0.25) is 0 Å². The van der Waals surface area contributed by atoms with Crippen molar-refractivity contribution in [3.63, 3.8) is 0 Å². The molecule has 0 aliphatic rings. The molecule has 3 aromatic rings. The fourth-order valence-electron chi connectivity index (χ4n) is 2.50. The molecule has 1 aromatic heterocycles. The van der Waals surface area contributed by atoms with Gasteiger partial charge in [0.25, 0.3) is 0 Å². The number of nitrogens with two attached hydrogens (primary N) is 1. The first-order chi connectivity index (χ1) is 12.2. The Morgan fingerprint density at radius 3 is 2.56 bits per heavy atom. The van der Waals surface area contributed by atoms with Crippen molar-refractivity contribution < 1.29 is 9.50 Å². The van der Waals surface area contributed by atoms with Gasteiger partial charge in [0.1, 0.15) is 5.82 Å². The molecule has 0 saturated carbocycles. The van der Waals surface area contributed by atoms with E-state index in [1.54, 1.807) is 6.07 Å². The molecule has 0 aliphatic heterocycles. The molecule has 3 rings (SSSR count). The molecule has 0 saturated heterocycles. The summed E-state index contributed by atoms with van der Waals surface area (Å²) >= 11 is 0. The third kappa shape index (κ3) is 4.07. The van der Waals surface area contributed by atoms with E-state index in [9.17, 15) is 9.50 Å². The third-order valence-corrected chi connectivity index (χ3v) is 3.69. The van der Waals surface area contributed by atoms with Gasteiger partial charge in [-0.15, -0.1) is 0 Å². The normalized spacial score (nSPS) is 10.6. The van der Waals surface area contributed by atoms with Crippen LogP contribution in [0.4, 0.5) is 16.3 Å². The number of nitrogens with one attached hydrogen (secondary N) is 1. The summed E-state index contributed by atoms with van der Waals surface area (Å²) in [5, 5.41) is 12.5. The van der Waals surface area contributed by atoms with Crippen LogP contribution in [0, 0.1) is 5.82 Å². The predicted octanol–water partition coefficient (Wildman–Crippen LogP) is 2.41. The summed E-state index contributed by atoms with van der Waals surface area (Å²) in [4.78, 5) is 12.3. The van der Waals surface area contributed by atoms with Gasteiger partial charge in [-0.1, -0.05) is 42.5 Å². The predicted molar refractivity (Wildman–Crippen MR) is 94.2 cm³/mol. The van der Waals surface area contributed by atoms with E-state index in [1.807, 2.05) is 30.3 Å². The molecular weight excluding hydrogens is 321 g/mol. The highest BCUT2D eigenvalue weighted by Crippen LogP contribution is 2.25. The minimum absolute atomic E-state index is 0.0145. The molecule has 1 heterocycles. The number of benzene rings is 2. The van der Waals surface area contributed by atoms with Crippen LogP contribution in [0.5, 0.6) is 0 Å². The van der Waals surface area contributed by atoms with Gasteiger partial charge >= 0.3 is 0 Å². The lowest BCUT2D eigenvalue weighted by molar-refractivity contribution is 0.282. The summed E-state index contributed by atoms with van der Waals surface area (Å²) in [5.41, 5.74) is 7.43. The van der Waals surface area contributed by atoms with Gasteiger partial charge in [0.15, 0.2) is 5.82 Å². The highest BCUT2D eigenvalue weighted by molar-refractivity contribution is 5.62. The molecule has 6 nitrogen and oxygen atoms in total. The molecule has 0 fully saturated rings. The number of rotatable bonds is 6. The monoisotopic (exact) mass is 339 g/mol. The maximum atomic E-state index is 14.2.